The van der Waals surface area contributed by atoms with Gasteiger partial charge in [0, 0.05) is 24.8 Å². The second-order valence-electron chi connectivity index (χ2n) is 3.95. The lowest BCUT2D eigenvalue weighted by Gasteiger charge is -2.26. The zero-order valence-electron chi connectivity index (χ0n) is 10.1. The normalized spacial score (nSPS) is 10.2. The second-order valence-corrected chi connectivity index (χ2v) is 4.39. The molecular weight excluding hydrogens is 256 g/mol. The van der Waals surface area contributed by atoms with Gasteiger partial charge in [0.1, 0.15) is 0 Å². The Hall–Kier alpha value is -1.87. The predicted molar refractivity (Wildman–Crippen MR) is 68.6 cm³/mol. The van der Waals surface area contributed by atoms with Crippen molar-refractivity contribution in [1.29, 1.82) is 5.26 Å². The topological polar surface area (TPSA) is 83.1 Å². The lowest BCUT2D eigenvalue weighted by atomic mass is 10.2. The molecule has 1 rings (SSSR count). The molecule has 6 nitrogen and oxygen atoms in total. The molecule has 1 heterocycles. The first-order valence-electron chi connectivity index (χ1n) is 5.41. The van der Waals surface area contributed by atoms with Crippen molar-refractivity contribution in [2.24, 2.45) is 0 Å². The van der Waals surface area contributed by atoms with E-state index in [0.717, 1.165) is 0 Å². The molecule has 7 heteroatoms. The van der Waals surface area contributed by atoms with Gasteiger partial charge in [-0.15, -0.1) is 0 Å². The summed E-state index contributed by atoms with van der Waals surface area (Å²) in [5, 5.41) is 19.8. The molecule has 18 heavy (non-hydrogen) atoms. The fraction of sp³-hybridized carbons (Fsp3) is 0.455. The van der Waals surface area contributed by atoms with Gasteiger partial charge >= 0.3 is 5.69 Å². The highest BCUT2D eigenvalue weighted by atomic mass is 35.5. The maximum atomic E-state index is 11.0. The Morgan fingerprint density at radius 2 is 2.33 bits per heavy atom. The molecule has 96 valence electrons. The van der Waals surface area contributed by atoms with Crippen LogP contribution in [0.15, 0.2) is 12.3 Å². The third-order valence-corrected chi connectivity index (χ3v) is 2.58. The van der Waals surface area contributed by atoms with Gasteiger partial charge in [-0.25, -0.2) is 4.98 Å². The SMILES string of the molecule is CC(C)N(CCC#N)c1ncc(Cl)cc1[N+](=O)[O-]. The smallest absolute Gasteiger partial charge is 0.313 e. The maximum absolute atomic E-state index is 11.0. The number of rotatable bonds is 5. The van der Waals surface area contributed by atoms with Gasteiger partial charge in [-0.3, -0.25) is 10.1 Å². The summed E-state index contributed by atoms with van der Waals surface area (Å²) in [7, 11) is 0. The monoisotopic (exact) mass is 268 g/mol. The van der Waals surface area contributed by atoms with Crippen molar-refractivity contribution < 1.29 is 4.92 Å². The summed E-state index contributed by atoms with van der Waals surface area (Å²) in [6.07, 6.45) is 1.64. The van der Waals surface area contributed by atoms with Crippen molar-refractivity contribution in [1.82, 2.24) is 4.98 Å². The van der Waals surface area contributed by atoms with Crippen molar-refractivity contribution in [2.75, 3.05) is 11.4 Å². The minimum absolute atomic E-state index is 0.00530. The Morgan fingerprint density at radius 3 is 2.83 bits per heavy atom. The summed E-state index contributed by atoms with van der Waals surface area (Å²) >= 11 is 5.71. The molecule has 0 aliphatic heterocycles. The summed E-state index contributed by atoms with van der Waals surface area (Å²) < 4.78 is 0. The van der Waals surface area contributed by atoms with Crippen LogP contribution >= 0.6 is 11.6 Å². The van der Waals surface area contributed by atoms with Crippen molar-refractivity contribution in [3.05, 3.63) is 27.4 Å². The number of aromatic nitrogens is 1. The van der Waals surface area contributed by atoms with E-state index in [9.17, 15) is 10.1 Å². The standard InChI is InChI=1S/C11H13ClN4O2/c1-8(2)15(5-3-4-13)11-10(16(17)18)6-9(12)7-14-11/h6-8H,3,5H2,1-2H3. The summed E-state index contributed by atoms with van der Waals surface area (Å²) in [6.45, 7) is 4.17. The van der Waals surface area contributed by atoms with Crippen LogP contribution in [0.1, 0.15) is 20.3 Å². The third-order valence-electron chi connectivity index (χ3n) is 2.37. The number of hydrogen-bond donors (Lipinski definition) is 0. The highest BCUT2D eigenvalue weighted by Crippen LogP contribution is 2.29. The first-order valence-corrected chi connectivity index (χ1v) is 5.78. The average Bonchev–Trinajstić information content (AvgIpc) is 2.30. The predicted octanol–water partition coefficient (Wildman–Crippen LogP) is 2.77. The molecule has 0 aliphatic carbocycles. The van der Waals surface area contributed by atoms with Crippen LogP contribution in [0.25, 0.3) is 0 Å². The Morgan fingerprint density at radius 1 is 1.67 bits per heavy atom. The van der Waals surface area contributed by atoms with Crippen LogP contribution < -0.4 is 4.90 Å². The fourth-order valence-electron chi connectivity index (χ4n) is 1.56. The van der Waals surface area contributed by atoms with Crippen molar-refractivity contribution in [3.8, 4) is 6.07 Å². The Labute approximate surface area is 110 Å². The van der Waals surface area contributed by atoms with Gasteiger partial charge in [0.2, 0.25) is 5.82 Å². The first-order chi connectivity index (χ1) is 8.47. The third kappa shape index (κ3) is 3.31. The van der Waals surface area contributed by atoms with Gasteiger partial charge in [0.05, 0.1) is 22.4 Å². The number of nitrogens with zero attached hydrogens (tertiary/aromatic N) is 4. The summed E-state index contributed by atoms with van der Waals surface area (Å²) in [5.41, 5.74) is -0.144. The Kier molecular flexibility index (Phi) is 4.86. The van der Waals surface area contributed by atoms with E-state index < -0.39 is 4.92 Å². The second kappa shape index (κ2) is 6.17. The molecule has 0 amide bonds. The highest BCUT2D eigenvalue weighted by molar-refractivity contribution is 6.30. The molecule has 0 bridgehead atoms. The number of anilines is 1. The van der Waals surface area contributed by atoms with E-state index in [0.29, 0.717) is 6.54 Å². The van der Waals surface area contributed by atoms with Crippen molar-refractivity contribution >= 4 is 23.1 Å². The van der Waals surface area contributed by atoms with Crippen LogP contribution in [-0.2, 0) is 0 Å². The minimum Gasteiger partial charge on any atom is -0.347 e. The molecule has 0 aliphatic rings. The maximum Gasteiger partial charge on any atom is 0.313 e. The molecule has 0 N–H and O–H groups in total. The lowest BCUT2D eigenvalue weighted by Crippen LogP contribution is -2.32. The van der Waals surface area contributed by atoms with Crippen LogP contribution in [0.4, 0.5) is 11.5 Å². The molecule has 1 aromatic rings. The highest BCUT2D eigenvalue weighted by Gasteiger charge is 2.23. The van der Waals surface area contributed by atoms with E-state index in [2.05, 4.69) is 4.98 Å². The van der Waals surface area contributed by atoms with E-state index in [1.54, 1.807) is 4.90 Å². The van der Waals surface area contributed by atoms with Crippen LogP contribution in [0, 0.1) is 21.4 Å². The zero-order chi connectivity index (χ0) is 13.7. The number of nitro groups is 1. The van der Waals surface area contributed by atoms with Gasteiger partial charge in [-0.1, -0.05) is 11.6 Å². The van der Waals surface area contributed by atoms with E-state index in [1.807, 2.05) is 19.9 Å². The molecule has 0 aromatic carbocycles. The number of pyridine rings is 1. The van der Waals surface area contributed by atoms with Gasteiger partial charge < -0.3 is 4.90 Å². The lowest BCUT2D eigenvalue weighted by molar-refractivity contribution is -0.384. The minimum atomic E-state index is -0.518. The average molecular weight is 269 g/mol. The molecule has 0 unspecified atom stereocenters. The molecule has 0 radical (unpaired) electrons. The summed E-state index contributed by atoms with van der Waals surface area (Å²) in [5.74, 6) is 0.245. The fourth-order valence-corrected chi connectivity index (χ4v) is 1.71. The van der Waals surface area contributed by atoms with E-state index in [1.165, 1.54) is 12.3 Å². The Balaban J connectivity index is 3.19. The van der Waals surface area contributed by atoms with Gasteiger partial charge in [0.25, 0.3) is 0 Å². The first kappa shape index (κ1) is 14.2. The van der Waals surface area contributed by atoms with Crippen molar-refractivity contribution in [3.63, 3.8) is 0 Å². The molecular formula is C11H13ClN4O2. The van der Waals surface area contributed by atoms with Gasteiger partial charge in [-0.2, -0.15) is 5.26 Å². The summed E-state index contributed by atoms with van der Waals surface area (Å²) in [4.78, 5) is 16.2. The van der Waals surface area contributed by atoms with Crippen LogP contribution in [-0.4, -0.2) is 22.5 Å². The number of halogens is 1. The van der Waals surface area contributed by atoms with Crippen LogP contribution in [0.3, 0.4) is 0 Å². The number of hydrogen-bond acceptors (Lipinski definition) is 5. The van der Waals surface area contributed by atoms with Crippen molar-refractivity contribution in [2.45, 2.75) is 26.3 Å². The van der Waals surface area contributed by atoms with Crippen LogP contribution in [0.5, 0.6) is 0 Å². The van der Waals surface area contributed by atoms with Gasteiger partial charge in [0.15, 0.2) is 0 Å². The molecule has 0 atom stereocenters. The quantitative estimate of drug-likeness (QED) is 0.606. The van der Waals surface area contributed by atoms with E-state index in [-0.39, 0.29) is 29.0 Å². The Bertz CT molecular complexity index is 484. The van der Waals surface area contributed by atoms with Crippen LogP contribution in [0.2, 0.25) is 5.02 Å². The molecule has 0 saturated heterocycles. The molecule has 1 aromatic heterocycles. The number of nitriles is 1. The zero-order valence-corrected chi connectivity index (χ0v) is 10.9. The van der Waals surface area contributed by atoms with E-state index >= 15 is 0 Å². The molecule has 0 saturated carbocycles. The molecule has 0 spiro atoms. The molecule has 0 fully saturated rings. The largest absolute Gasteiger partial charge is 0.347 e. The summed E-state index contributed by atoms with van der Waals surface area (Å²) in [6, 6.07) is 3.29. The van der Waals surface area contributed by atoms with Gasteiger partial charge in [-0.05, 0) is 13.8 Å². The van der Waals surface area contributed by atoms with E-state index in [4.69, 9.17) is 16.9 Å².